The molecule has 1 aliphatic heterocycles. The molecule has 7 heteroatoms. The average molecular weight is 297 g/mol. The zero-order valence-corrected chi connectivity index (χ0v) is 11.8. The topological polar surface area (TPSA) is 51.1 Å². The van der Waals surface area contributed by atoms with Gasteiger partial charge in [0.25, 0.3) is 0 Å². The first-order valence-electron chi connectivity index (χ1n) is 5.99. The molecular formula is C12H13ClN4OS. The number of aromatic nitrogens is 3. The molecule has 0 radical (unpaired) electrons. The van der Waals surface area contributed by atoms with Gasteiger partial charge in [-0.3, -0.25) is 9.88 Å². The van der Waals surface area contributed by atoms with Crippen LogP contribution in [0.2, 0.25) is 5.15 Å². The fourth-order valence-electron chi connectivity index (χ4n) is 2.05. The molecule has 1 saturated heterocycles. The van der Waals surface area contributed by atoms with Crippen molar-refractivity contribution in [2.24, 2.45) is 5.92 Å². The monoisotopic (exact) mass is 296 g/mol. The highest BCUT2D eigenvalue weighted by atomic mass is 35.5. The molecule has 3 rings (SSSR count). The highest BCUT2D eigenvalue weighted by Gasteiger charge is 2.27. The first-order chi connectivity index (χ1) is 9.29. The van der Waals surface area contributed by atoms with Crippen LogP contribution in [0.1, 0.15) is 5.69 Å². The van der Waals surface area contributed by atoms with Crippen LogP contribution in [0.4, 0.5) is 0 Å². The Bertz CT molecular complexity index is 530. The molecule has 0 bridgehead atoms. The van der Waals surface area contributed by atoms with E-state index in [2.05, 4.69) is 25.2 Å². The lowest BCUT2D eigenvalue weighted by molar-refractivity contribution is 0.0534. The second-order valence-electron chi connectivity index (χ2n) is 4.53. The Morgan fingerprint density at radius 3 is 3.05 bits per heavy atom. The van der Waals surface area contributed by atoms with E-state index in [-0.39, 0.29) is 0 Å². The molecule has 0 aliphatic carbocycles. The molecule has 0 aromatic carbocycles. The molecule has 2 aromatic heterocycles. The van der Waals surface area contributed by atoms with E-state index in [1.165, 1.54) is 6.20 Å². The molecule has 0 atom stereocenters. The van der Waals surface area contributed by atoms with Gasteiger partial charge in [0.2, 0.25) is 5.88 Å². The molecule has 100 valence electrons. The van der Waals surface area contributed by atoms with Crippen molar-refractivity contribution in [2.75, 3.05) is 19.7 Å². The van der Waals surface area contributed by atoms with Gasteiger partial charge >= 0.3 is 0 Å². The molecular weight excluding hydrogens is 284 g/mol. The van der Waals surface area contributed by atoms with Crippen LogP contribution in [0, 0.1) is 5.92 Å². The number of hydrogen-bond donors (Lipinski definition) is 0. The molecule has 0 amide bonds. The van der Waals surface area contributed by atoms with E-state index in [9.17, 15) is 0 Å². The first kappa shape index (κ1) is 12.8. The third-order valence-electron chi connectivity index (χ3n) is 2.95. The van der Waals surface area contributed by atoms with E-state index in [1.807, 2.05) is 5.51 Å². The lowest BCUT2D eigenvalue weighted by Crippen LogP contribution is -2.48. The largest absolute Gasteiger partial charge is 0.476 e. The smallest absolute Gasteiger partial charge is 0.233 e. The van der Waals surface area contributed by atoms with Crippen LogP contribution in [-0.4, -0.2) is 39.5 Å². The summed E-state index contributed by atoms with van der Waals surface area (Å²) in [5.74, 6) is 1.03. The van der Waals surface area contributed by atoms with Gasteiger partial charge < -0.3 is 4.74 Å². The predicted molar refractivity (Wildman–Crippen MR) is 73.4 cm³/mol. The minimum absolute atomic E-state index is 0.358. The van der Waals surface area contributed by atoms with Crippen molar-refractivity contribution in [3.63, 3.8) is 0 Å². The van der Waals surface area contributed by atoms with Gasteiger partial charge in [0.15, 0.2) is 5.15 Å². The average Bonchev–Trinajstić information content (AvgIpc) is 2.85. The van der Waals surface area contributed by atoms with Crippen molar-refractivity contribution in [1.82, 2.24) is 19.9 Å². The van der Waals surface area contributed by atoms with Crippen LogP contribution in [-0.2, 0) is 6.54 Å². The third-order valence-corrected chi connectivity index (χ3v) is 3.77. The fourth-order valence-corrected chi connectivity index (χ4v) is 2.74. The maximum absolute atomic E-state index is 5.74. The Labute approximate surface area is 120 Å². The normalized spacial score (nSPS) is 16.3. The molecule has 5 nitrogen and oxygen atoms in total. The van der Waals surface area contributed by atoms with Crippen molar-refractivity contribution in [2.45, 2.75) is 6.54 Å². The van der Waals surface area contributed by atoms with E-state index in [1.54, 1.807) is 17.5 Å². The molecule has 0 unspecified atom stereocenters. The third kappa shape index (κ3) is 3.40. The quantitative estimate of drug-likeness (QED) is 0.846. The van der Waals surface area contributed by atoms with Crippen LogP contribution in [0.5, 0.6) is 5.88 Å². The number of thiazole rings is 1. The Morgan fingerprint density at radius 2 is 2.32 bits per heavy atom. The fraction of sp³-hybridized carbons (Fsp3) is 0.417. The highest BCUT2D eigenvalue weighted by molar-refractivity contribution is 7.07. The second-order valence-corrected chi connectivity index (χ2v) is 5.64. The van der Waals surface area contributed by atoms with E-state index in [0.29, 0.717) is 23.6 Å². The maximum Gasteiger partial charge on any atom is 0.233 e. The lowest BCUT2D eigenvalue weighted by atomic mass is 10.0. The molecule has 0 spiro atoms. The molecule has 3 heterocycles. The summed E-state index contributed by atoms with van der Waals surface area (Å²) >= 11 is 7.38. The van der Waals surface area contributed by atoms with Gasteiger partial charge in [0, 0.05) is 30.9 Å². The van der Waals surface area contributed by atoms with Crippen molar-refractivity contribution in [1.29, 1.82) is 0 Å². The van der Waals surface area contributed by atoms with Gasteiger partial charge in [0.05, 0.1) is 30.2 Å². The summed E-state index contributed by atoms with van der Waals surface area (Å²) in [6.07, 6.45) is 3.07. The van der Waals surface area contributed by atoms with Gasteiger partial charge in [-0.05, 0) is 0 Å². The standard InChI is InChI=1S/C12H13ClN4OS/c13-11-1-14-2-12(16-11)18-6-9-3-17(4-9)5-10-7-19-8-15-10/h1-2,7-9H,3-6H2. The SMILES string of the molecule is Clc1cncc(OCC2CN(Cc3cscn3)C2)n1. The van der Waals surface area contributed by atoms with E-state index in [0.717, 1.165) is 25.3 Å². The highest BCUT2D eigenvalue weighted by Crippen LogP contribution is 2.20. The predicted octanol–water partition coefficient (Wildman–Crippen LogP) is 2.10. The van der Waals surface area contributed by atoms with Crippen molar-refractivity contribution >= 4 is 22.9 Å². The molecule has 1 fully saturated rings. The minimum atomic E-state index is 0.358. The number of hydrogen-bond acceptors (Lipinski definition) is 6. The number of halogens is 1. The van der Waals surface area contributed by atoms with E-state index >= 15 is 0 Å². The van der Waals surface area contributed by atoms with Gasteiger partial charge in [-0.2, -0.15) is 4.98 Å². The Kier molecular flexibility index (Phi) is 3.91. The number of rotatable bonds is 5. The Hall–Kier alpha value is -1.24. The van der Waals surface area contributed by atoms with Crippen molar-refractivity contribution in [3.05, 3.63) is 34.1 Å². The van der Waals surface area contributed by atoms with Gasteiger partial charge in [-0.15, -0.1) is 11.3 Å². The van der Waals surface area contributed by atoms with Crippen LogP contribution in [0.25, 0.3) is 0 Å². The van der Waals surface area contributed by atoms with Gasteiger partial charge in [-0.25, -0.2) is 4.98 Å². The zero-order valence-electron chi connectivity index (χ0n) is 10.2. The summed E-state index contributed by atoms with van der Waals surface area (Å²) < 4.78 is 5.58. The minimum Gasteiger partial charge on any atom is -0.476 e. The molecule has 2 aromatic rings. The van der Waals surface area contributed by atoms with Gasteiger partial charge in [-0.1, -0.05) is 11.6 Å². The Balaban J connectivity index is 1.40. The summed E-state index contributed by atoms with van der Waals surface area (Å²) in [5, 5.41) is 2.45. The number of ether oxygens (including phenoxy) is 1. The summed E-state index contributed by atoms with van der Waals surface area (Å²) in [5.41, 5.74) is 3.01. The summed E-state index contributed by atoms with van der Waals surface area (Å²) in [6.45, 7) is 3.65. The van der Waals surface area contributed by atoms with Crippen molar-refractivity contribution < 1.29 is 4.74 Å². The molecule has 0 saturated carbocycles. The lowest BCUT2D eigenvalue weighted by Gasteiger charge is -2.38. The Morgan fingerprint density at radius 1 is 1.42 bits per heavy atom. The second kappa shape index (κ2) is 5.81. The number of likely N-dealkylation sites (tertiary alicyclic amines) is 1. The van der Waals surface area contributed by atoms with Crippen LogP contribution in [0.3, 0.4) is 0 Å². The summed E-state index contributed by atoms with van der Waals surface area (Å²) in [7, 11) is 0. The summed E-state index contributed by atoms with van der Waals surface area (Å²) in [4.78, 5) is 14.6. The van der Waals surface area contributed by atoms with Crippen molar-refractivity contribution in [3.8, 4) is 5.88 Å². The molecule has 1 aliphatic rings. The zero-order chi connectivity index (χ0) is 13.1. The van der Waals surface area contributed by atoms with Crippen LogP contribution < -0.4 is 4.74 Å². The van der Waals surface area contributed by atoms with E-state index in [4.69, 9.17) is 16.3 Å². The van der Waals surface area contributed by atoms with Gasteiger partial charge in [0.1, 0.15) is 0 Å². The maximum atomic E-state index is 5.74. The van der Waals surface area contributed by atoms with Crippen LogP contribution in [0.15, 0.2) is 23.3 Å². The summed E-state index contributed by atoms with van der Waals surface area (Å²) in [6, 6.07) is 0. The number of nitrogens with zero attached hydrogens (tertiary/aromatic N) is 4. The van der Waals surface area contributed by atoms with Crippen LogP contribution >= 0.6 is 22.9 Å². The van der Waals surface area contributed by atoms with E-state index < -0.39 is 0 Å². The molecule has 0 N–H and O–H groups in total. The molecule has 19 heavy (non-hydrogen) atoms. The first-order valence-corrected chi connectivity index (χ1v) is 7.31.